The van der Waals surface area contributed by atoms with Gasteiger partial charge < -0.3 is 19.4 Å². The van der Waals surface area contributed by atoms with E-state index in [1.807, 2.05) is 11.5 Å². The van der Waals surface area contributed by atoms with Gasteiger partial charge in [0.25, 0.3) is 0 Å². The molecular weight excluding hydrogens is 383 g/mol. The largest absolute Gasteiger partial charge is 0.454 e. The Labute approximate surface area is 164 Å². The maximum absolute atomic E-state index is 13.5. The van der Waals surface area contributed by atoms with Crippen LogP contribution >= 0.6 is 11.8 Å². The molecule has 0 unspecified atom stereocenters. The second-order valence-electron chi connectivity index (χ2n) is 5.97. The standard InChI is InChI=1S/C19H17FN4O3S/c1-2-24-18(12-4-3-5-13(20)8-12)22-23-19(24)28-10-17(25)21-14-6-7-15-16(9-14)27-11-26-15/h3-9H,2,10-11H2,1H3,(H,21,25). The number of nitrogens with one attached hydrogen (secondary N) is 1. The van der Waals surface area contributed by atoms with Gasteiger partial charge in [0.05, 0.1) is 5.75 Å². The van der Waals surface area contributed by atoms with Gasteiger partial charge in [0.15, 0.2) is 22.5 Å². The van der Waals surface area contributed by atoms with Gasteiger partial charge in [-0.1, -0.05) is 23.9 Å². The van der Waals surface area contributed by atoms with Gasteiger partial charge in [0, 0.05) is 23.9 Å². The molecule has 0 radical (unpaired) electrons. The fourth-order valence-electron chi connectivity index (χ4n) is 2.82. The Morgan fingerprint density at radius 1 is 1.21 bits per heavy atom. The molecule has 0 bridgehead atoms. The predicted octanol–water partition coefficient (Wildman–Crippen LogP) is 3.56. The van der Waals surface area contributed by atoms with Crippen molar-refractivity contribution in [2.24, 2.45) is 0 Å². The van der Waals surface area contributed by atoms with Crippen LogP contribution in [-0.4, -0.2) is 33.2 Å². The van der Waals surface area contributed by atoms with Crippen molar-refractivity contribution in [1.82, 2.24) is 14.8 Å². The summed E-state index contributed by atoms with van der Waals surface area (Å²) in [5.74, 6) is 1.49. The van der Waals surface area contributed by atoms with Gasteiger partial charge in [-0.2, -0.15) is 0 Å². The maximum atomic E-state index is 13.5. The number of benzene rings is 2. The second-order valence-corrected chi connectivity index (χ2v) is 6.91. The van der Waals surface area contributed by atoms with Gasteiger partial charge >= 0.3 is 0 Å². The Morgan fingerprint density at radius 3 is 2.89 bits per heavy atom. The van der Waals surface area contributed by atoms with Crippen molar-refractivity contribution in [3.8, 4) is 22.9 Å². The van der Waals surface area contributed by atoms with E-state index in [0.29, 0.717) is 40.3 Å². The molecular formula is C19H17FN4O3S. The highest BCUT2D eigenvalue weighted by atomic mass is 32.2. The number of hydrogen-bond donors (Lipinski definition) is 1. The number of anilines is 1. The molecule has 7 nitrogen and oxygen atoms in total. The number of nitrogens with zero attached hydrogens (tertiary/aromatic N) is 3. The van der Waals surface area contributed by atoms with Crippen LogP contribution in [0.4, 0.5) is 10.1 Å². The number of carbonyl (C=O) groups is 1. The number of halogens is 1. The molecule has 28 heavy (non-hydrogen) atoms. The Balaban J connectivity index is 1.42. The lowest BCUT2D eigenvalue weighted by Crippen LogP contribution is -2.14. The van der Waals surface area contributed by atoms with Crippen LogP contribution in [0.5, 0.6) is 11.5 Å². The fraction of sp³-hybridized carbons (Fsp3) is 0.211. The molecule has 1 amide bonds. The lowest BCUT2D eigenvalue weighted by atomic mass is 10.2. The fourth-order valence-corrected chi connectivity index (χ4v) is 3.63. The minimum atomic E-state index is -0.333. The molecule has 4 rings (SSSR count). The van der Waals surface area contributed by atoms with E-state index in [-0.39, 0.29) is 24.3 Å². The lowest BCUT2D eigenvalue weighted by Gasteiger charge is -2.08. The summed E-state index contributed by atoms with van der Waals surface area (Å²) in [7, 11) is 0. The summed E-state index contributed by atoms with van der Waals surface area (Å²) in [6, 6.07) is 11.4. The monoisotopic (exact) mass is 400 g/mol. The Bertz CT molecular complexity index is 1020. The van der Waals surface area contributed by atoms with Crippen LogP contribution in [0.1, 0.15) is 6.92 Å². The van der Waals surface area contributed by atoms with Crippen molar-refractivity contribution < 1.29 is 18.7 Å². The van der Waals surface area contributed by atoms with Gasteiger partial charge in [-0.05, 0) is 31.2 Å². The summed E-state index contributed by atoms with van der Waals surface area (Å²) in [4.78, 5) is 12.3. The first kappa shape index (κ1) is 18.3. The number of amides is 1. The summed E-state index contributed by atoms with van der Waals surface area (Å²) < 4.78 is 25.9. The number of rotatable bonds is 6. The van der Waals surface area contributed by atoms with Crippen LogP contribution in [0.15, 0.2) is 47.6 Å². The van der Waals surface area contributed by atoms with Gasteiger partial charge in [-0.15, -0.1) is 10.2 Å². The van der Waals surface area contributed by atoms with Crippen molar-refractivity contribution >= 4 is 23.4 Å². The van der Waals surface area contributed by atoms with Crippen LogP contribution in [0, 0.1) is 5.82 Å². The zero-order valence-corrected chi connectivity index (χ0v) is 15.8. The third kappa shape index (κ3) is 3.79. The molecule has 0 saturated carbocycles. The van der Waals surface area contributed by atoms with E-state index in [9.17, 15) is 9.18 Å². The smallest absolute Gasteiger partial charge is 0.234 e. The summed E-state index contributed by atoms with van der Waals surface area (Å²) in [5.41, 5.74) is 1.28. The van der Waals surface area contributed by atoms with Gasteiger partial charge in [0.1, 0.15) is 5.82 Å². The zero-order chi connectivity index (χ0) is 19.5. The van der Waals surface area contributed by atoms with Gasteiger partial charge in [-0.25, -0.2) is 4.39 Å². The number of thioether (sulfide) groups is 1. The highest BCUT2D eigenvalue weighted by molar-refractivity contribution is 7.99. The van der Waals surface area contributed by atoms with Crippen LogP contribution in [0.2, 0.25) is 0 Å². The number of fused-ring (bicyclic) bond motifs is 1. The normalized spacial score (nSPS) is 12.2. The Hall–Kier alpha value is -3.07. The first-order chi connectivity index (χ1) is 13.6. The topological polar surface area (TPSA) is 78.3 Å². The summed E-state index contributed by atoms with van der Waals surface area (Å²) in [6.45, 7) is 2.73. The number of hydrogen-bond acceptors (Lipinski definition) is 6. The molecule has 9 heteroatoms. The molecule has 3 aromatic rings. The van der Waals surface area contributed by atoms with E-state index < -0.39 is 0 Å². The highest BCUT2D eigenvalue weighted by Crippen LogP contribution is 2.34. The van der Waals surface area contributed by atoms with E-state index in [4.69, 9.17) is 9.47 Å². The molecule has 2 aromatic carbocycles. The molecule has 0 spiro atoms. The SMILES string of the molecule is CCn1c(SCC(=O)Nc2ccc3c(c2)OCO3)nnc1-c1cccc(F)c1. The van der Waals surface area contributed by atoms with Gasteiger partial charge in [0.2, 0.25) is 12.7 Å². The van der Waals surface area contributed by atoms with Crippen LogP contribution in [0.25, 0.3) is 11.4 Å². The molecule has 0 saturated heterocycles. The predicted molar refractivity (Wildman–Crippen MR) is 103 cm³/mol. The van der Waals surface area contributed by atoms with Crippen molar-refractivity contribution in [2.75, 3.05) is 17.9 Å². The van der Waals surface area contributed by atoms with E-state index in [1.165, 1.54) is 23.9 Å². The first-order valence-corrected chi connectivity index (χ1v) is 9.64. The molecule has 1 aliphatic heterocycles. The third-order valence-corrected chi connectivity index (χ3v) is 5.07. The van der Waals surface area contributed by atoms with E-state index >= 15 is 0 Å². The molecule has 1 aliphatic rings. The number of carbonyl (C=O) groups excluding carboxylic acids is 1. The second kappa shape index (κ2) is 7.89. The first-order valence-electron chi connectivity index (χ1n) is 8.65. The highest BCUT2D eigenvalue weighted by Gasteiger charge is 2.17. The van der Waals surface area contributed by atoms with E-state index in [1.54, 1.807) is 30.3 Å². The number of ether oxygens (including phenoxy) is 2. The number of aromatic nitrogens is 3. The lowest BCUT2D eigenvalue weighted by molar-refractivity contribution is -0.113. The van der Waals surface area contributed by atoms with Crippen LogP contribution in [-0.2, 0) is 11.3 Å². The Kier molecular flexibility index (Phi) is 5.16. The van der Waals surface area contributed by atoms with Crippen LogP contribution < -0.4 is 14.8 Å². The summed E-state index contributed by atoms with van der Waals surface area (Å²) in [6.07, 6.45) is 0. The van der Waals surface area contributed by atoms with Crippen molar-refractivity contribution in [1.29, 1.82) is 0 Å². The summed E-state index contributed by atoms with van der Waals surface area (Å²) in [5, 5.41) is 11.7. The average Bonchev–Trinajstić information content (AvgIpc) is 3.32. The summed E-state index contributed by atoms with van der Waals surface area (Å²) >= 11 is 1.27. The molecule has 1 aromatic heterocycles. The molecule has 2 heterocycles. The van der Waals surface area contributed by atoms with E-state index in [0.717, 1.165) is 0 Å². The van der Waals surface area contributed by atoms with Crippen LogP contribution in [0.3, 0.4) is 0 Å². The molecule has 0 atom stereocenters. The quantitative estimate of drug-likeness (QED) is 0.638. The molecule has 1 N–H and O–H groups in total. The molecule has 0 fully saturated rings. The zero-order valence-electron chi connectivity index (χ0n) is 15.0. The van der Waals surface area contributed by atoms with E-state index in [2.05, 4.69) is 15.5 Å². The van der Waals surface area contributed by atoms with Crippen molar-refractivity contribution in [3.05, 3.63) is 48.3 Å². The van der Waals surface area contributed by atoms with Crippen molar-refractivity contribution in [2.45, 2.75) is 18.6 Å². The molecule has 0 aliphatic carbocycles. The van der Waals surface area contributed by atoms with Crippen molar-refractivity contribution in [3.63, 3.8) is 0 Å². The third-order valence-electron chi connectivity index (χ3n) is 4.10. The average molecular weight is 400 g/mol. The maximum Gasteiger partial charge on any atom is 0.234 e. The molecule has 144 valence electrons. The minimum Gasteiger partial charge on any atom is -0.454 e. The van der Waals surface area contributed by atoms with Gasteiger partial charge in [-0.3, -0.25) is 4.79 Å². The minimum absolute atomic E-state index is 0.162. The Morgan fingerprint density at radius 2 is 2.07 bits per heavy atom.